The number of methoxy groups -OCH3 is 1. The SMILES string of the molecule is COC(=O)CCN1CCc2cc(N=Nc3ccc(Br)cc3)ccc21. The third-order valence-electron chi connectivity index (χ3n) is 3.98. The fraction of sp³-hybridized carbons (Fsp3) is 0.278. The van der Waals surface area contributed by atoms with Gasteiger partial charge in [-0.1, -0.05) is 15.9 Å². The lowest BCUT2D eigenvalue weighted by atomic mass is 10.1. The van der Waals surface area contributed by atoms with Crippen molar-refractivity contribution in [3.63, 3.8) is 0 Å². The zero-order chi connectivity index (χ0) is 16.9. The molecule has 124 valence electrons. The fourth-order valence-electron chi connectivity index (χ4n) is 2.70. The first-order chi connectivity index (χ1) is 11.7. The van der Waals surface area contributed by atoms with Crippen LogP contribution in [0.4, 0.5) is 17.1 Å². The highest BCUT2D eigenvalue weighted by Gasteiger charge is 2.19. The Labute approximate surface area is 149 Å². The number of anilines is 1. The highest BCUT2D eigenvalue weighted by Crippen LogP contribution is 2.32. The Morgan fingerprint density at radius 1 is 1.17 bits per heavy atom. The lowest BCUT2D eigenvalue weighted by molar-refractivity contribution is -0.140. The summed E-state index contributed by atoms with van der Waals surface area (Å²) >= 11 is 3.40. The van der Waals surface area contributed by atoms with Crippen LogP contribution < -0.4 is 4.90 Å². The fourth-order valence-corrected chi connectivity index (χ4v) is 2.97. The molecule has 0 unspecified atom stereocenters. The second-order valence-corrected chi connectivity index (χ2v) is 6.47. The predicted molar refractivity (Wildman–Crippen MR) is 97.3 cm³/mol. The average molecular weight is 388 g/mol. The molecule has 24 heavy (non-hydrogen) atoms. The summed E-state index contributed by atoms with van der Waals surface area (Å²) in [5.74, 6) is -0.177. The van der Waals surface area contributed by atoms with E-state index in [4.69, 9.17) is 4.74 Å². The third kappa shape index (κ3) is 4.00. The molecule has 0 N–H and O–H groups in total. The molecule has 0 spiro atoms. The number of nitrogens with zero attached hydrogens (tertiary/aromatic N) is 3. The van der Waals surface area contributed by atoms with Crippen LogP contribution in [0.2, 0.25) is 0 Å². The number of ether oxygens (including phenoxy) is 1. The molecule has 1 aliphatic heterocycles. The molecule has 0 aliphatic carbocycles. The lowest BCUT2D eigenvalue weighted by Gasteiger charge is -2.18. The Morgan fingerprint density at radius 2 is 1.88 bits per heavy atom. The molecule has 1 heterocycles. The summed E-state index contributed by atoms with van der Waals surface area (Å²) in [6, 6.07) is 13.8. The third-order valence-corrected chi connectivity index (χ3v) is 4.50. The molecule has 6 heteroatoms. The number of hydrogen-bond donors (Lipinski definition) is 0. The molecule has 3 rings (SSSR count). The van der Waals surface area contributed by atoms with Gasteiger partial charge in [0.05, 0.1) is 24.9 Å². The van der Waals surface area contributed by atoms with Crippen molar-refractivity contribution in [1.82, 2.24) is 0 Å². The van der Waals surface area contributed by atoms with Crippen LogP contribution in [-0.4, -0.2) is 26.2 Å². The van der Waals surface area contributed by atoms with Crippen LogP contribution in [-0.2, 0) is 16.0 Å². The van der Waals surface area contributed by atoms with Crippen molar-refractivity contribution in [3.8, 4) is 0 Å². The Hall–Kier alpha value is -2.21. The van der Waals surface area contributed by atoms with Gasteiger partial charge in [-0.25, -0.2) is 0 Å². The molecule has 5 nitrogen and oxygen atoms in total. The summed E-state index contributed by atoms with van der Waals surface area (Å²) in [5, 5.41) is 8.58. The second kappa shape index (κ2) is 7.57. The summed E-state index contributed by atoms with van der Waals surface area (Å²) in [6.45, 7) is 1.60. The maximum atomic E-state index is 11.3. The molecule has 0 saturated carbocycles. The van der Waals surface area contributed by atoms with E-state index in [1.54, 1.807) is 0 Å². The van der Waals surface area contributed by atoms with E-state index < -0.39 is 0 Å². The number of azo groups is 1. The Kier molecular flexibility index (Phi) is 5.25. The van der Waals surface area contributed by atoms with Crippen LogP contribution in [0.3, 0.4) is 0 Å². The molecule has 0 aromatic heterocycles. The summed E-state index contributed by atoms with van der Waals surface area (Å²) in [6.07, 6.45) is 1.36. The van der Waals surface area contributed by atoms with E-state index >= 15 is 0 Å². The van der Waals surface area contributed by atoms with E-state index in [-0.39, 0.29) is 5.97 Å². The quantitative estimate of drug-likeness (QED) is 0.547. The van der Waals surface area contributed by atoms with Crippen molar-refractivity contribution in [1.29, 1.82) is 0 Å². The van der Waals surface area contributed by atoms with E-state index in [0.717, 1.165) is 28.8 Å². The summed E-state index contributed by atoms with van der Waals surface area (Å²) in [5.41, 5.74) is 4.07. The summed E-state index contributed by atoms with van der Waals surface area (Å²) in [7, 11) is 1.42. The second-order valence-electron chi connectivity index (χ2n) is 5.55. The molecule has 1 aliphatic rings. The van der Waals surface area contributed by atoms with Gasteiger partial charge in [-0.2, -0.15) is 10.2 Å². The zero-order valence-electron chi connectivity index (χ0n) is 13.4. The molecular weight excluding hydrogens is 370 g/mol. The molecule has 2 aromatic rings. The van der Waals surface area contributed by atoms with Crippen LogP contribution in [0.5, 0.6) is 0 Å². The molecule has 0 fully saturated rings. The van der Waals surface area contributed by atoms with E-state index in [1.807, 2.05) is 30.3 Å². The minimum atomic E-state index is -0.177. The number of rotatable bonds is 5. The van der Waals surface area contributed by atoms with Gasteiger partial charge in [0.15, 0.2) is 0 Å². The molecule has 0 radical (unpaired) electrons. The molecule has 0 saturated heterocycles. The van der Waals surface area contributed by atoms with Crippen LogP contribution in [0.1, 0.15) is 12.0 Å². The Morgan fingerprint density at radius 3 is 2.62 bits per heavy atom. The van der Waals surface area contributed by atoms with E-state index in [1.165, 1.54) is 18.4 Å². The molecule has 0 atom stereocenters. The van der Waals surface area contributed by atoms with Gasteiger partial charge in [-0.15, -0.1) is 0 Å². The van der Waals surface area contributed by atoms with Gasteiger partial charge < -0.3 is 9.64 Å². The topological polar surface area (TPSA) is 54.3 Å². The zero-order valence-corrected chi connectivity index (χ0v) is 15.0. The van der Waals surface area contributed by atoms with Crippen LogP contribution in [0, 0.1) is 0 Å². The maximum absolute atomic E-state index is 11.3. The molecule has 0 amide bonds. The van der Waals surface area contributed by atoms with Crippen molar-refractivity contribution in [2.75, 3.05) is 25.1 Å². The van der Waals surface area contributed by atoms with E-state index in [0.29, 0.717) is 13.0 Å². The highest BCUT2D eigenvalue weighted by molar-refractivity contribution is 9.10. The average Bonchev–Trinajstić information content (AvgIpc) is 3.01. The minimum absolute atomic E-state index is 0.177. The molecule has 2 aromatic carbocycles. The first-order valence-electron chi connectivity index (χ1n) is 7.78. The van der Waals surface area contributed by atoms with Gasteiger partial charge in [0, 0.05) is 23.2 Å². The summed E-state index contributed by atoms with van der Waals surface area (Å²) in [4.78, 5) is 13.5. The minimum Gasteiger partial charge on any atom is -0.469 e. The molecular formula is C18H18BrN3O2. The number of hydrogen-bond acceptors (Lipinski definition) is 5. The van der Waals surface area contributed by atoms with Gasteiger partial charge in [0.1, 0.15) is 0 Å². The van der Waals surface area contributed by atoms with Crippen LogP contribution >= 0.6 is 15.9 Å². The highest BCUT2D eigenvalue weighted by atomic mass is 79.9. The van der Waals surface area contributed by atoms with Crippen LogP contribution in [0.25, 0.3) is 0 Å². The monoisotopic (exact) mass is 387 g/mol. The smallest absolute Gasteiger partial charge is 0.307 e. The first-order valence-corrected chi connectivity index (χ1v) is 8.57. The Balaban J connectivity index is 1.68. The number of carbonyl (C=O) groups is 1. The maximum Gasteiger partial charge on any atom is 0.307 e. The van der Waals surface area contributed by atoms with Gasteiger partial charge in [0.2, 0.25) is 0 Å². The Bertz CT molecular complexity index is 759. The van der Waals surface area contributed by atoms with Crippen molar-refractivity contribution in [2.24, 2.45) is 10.2 Å². The first kappa shape index (κ1) is 16.6. The number of benzene rings is 2. The predicted octanol–water partition coefficient (Wildman–Crippen LogP) is 4.79. The number of esters is 1. The van der Waals surface area contributed by atoms with Crippen molar-refractivity contribution in [2.45, 2.75) is 12.8 Å². The van der Waals surface area contributed by atoms with E-state index in [2.05, 4.69) is 43.2 Å². The van der Waals surface area contributed by atoms with Crippen molar-refractivity contribution >= 4 is 39.0 Å². The van der Waals surface area contributed by atoms with Gasteiger partial charge in [-0.05, 0) is 54.4 Å². The normalized spacial score (nSPS) is 13.3. The van der Waals surface area contributed by atoms with Crippen LogP contribution in [0.15, 0.2) is 57.2 Å². The summed E-state index contributed by atoms with van der Waals surface area (Å²) < 4.78 is 5.72. The molecule has 0 bridgehead atoms. The number of fused-ring (bicyclic) bond motifs is 1. The van der Waals surface area contributed by atoms with E-state index in [9.17, 15) is 4.79 Å². The van der Waals surface area contributed by atoms with Crippen molar-refractivity contribution in [3.05, 3.63) is 52.5 Å². The standard InChI is InChI=1S/C18H18BrN3O2/c1-24-18(23)9-11-22-10-8-13-12-16(6-7-17(13)22)21-20-15-4-2-14(19)3-5-15/h2-7,12H,8-11H2,1H3. The number of halogens is 1. The largest absolute Gasteiger partial charge is 0.469 e. The van der Waals surface area contributed by atoms with Gasteiger partial charge in [-0.3, -0.25) is 4.79 Å². The lowest BCUT2D eigenvalue weighted by Crippen LogP contribution is -2.24. The number of carbonyl (C=O) groups excluding carboxylic acids is 1. The van der Waals surface area contributed by atoms with Gasteiger partial charge >= 0.3 is 5.97 Å². The van der Waals surface area contributed by atoms with Crippen molar-refractivity contribution < 1.29 is 9.53 Å². The van der Waals surface area contributed by atoms with Gasteiger partial charge in [0.25, 0.3) is 0 Å².